The van der Waals surface area contributed by atoms with Crippen molar-refractivity contribution in [2.24, 2.45) is 17.3 Å². The predicted molar refractivity (Wildman–Crippen MR) is 140 cm³/mol. The maximum atomic E-state index is 12.9. The van der Waals surface area contributed by atoms with Gasteiger partial charge in [0.2, 0.25) is 12.2 Å². The van der Waals surface area contributed by atoms with Gasteiger partial charge in [-0.25, -0.2) is 4.79 Å². The molecule has 1 aliphatic heterocycles. The number of carbonyl (C=O) groups is 3. The molecule has 1 amide bonds. The largest absolute Gasteiger partial charge is 0.496 e. The second-order valence-corrected chi connectivity index (χ2v) is 11.5. The summed E-state index contributed by atoms with van der Waals surface area (Å²) in [4.78, 5) is 36.8. The van der Waals surface area contributed by atoms with Gasteiger partial charge in [0.15, 0.2) is 0 Å². The number of carbonyl (C=O) groups excluding carboxylic acids is 3. The number of benzene rings is 1. The zero-order chi connectivity index (χ0) is 28.5. The van der Waals surface area contributed by atoms with Gasteiger partial charge in [0.05, 0.1) is 30.8 Å². The number of hydrogen-bond donors (Lipinski definition) is 1. The molecule has 0 spiro atoms. The first-order chi connectivity index (χ1) is 18.4. The van der Waals surface area contributed by atoms with E-state index in [2.05, 4.69) is 26.1 Å². The van der Waals surface area contributed by atoms with E-state index in [4.69, 9.17) is 28.8 Å². The van der Waals surface area contributed by atoms with Crippen molar-refractivity contribution in [3.05, 3.63) is 29.3 Å². The topological polar surface area (TPSA) is 133 Å². The number of nitrogens with zero attached hydrogens (tertiary/aromatic N) is 1. The van der Waals surface area contributed by atoms with Gasteiger partial charge in [0.25, 0.3) is 0 Å². The lowest BCUT2D eigenvalue weighted by Crippen LogP contribution is -2.65. The summed E-state index contributed by atoms with van der Waals surface area (Å²) < 4.78 is 28.9. The lowest BCUT2D eigenvalue weighted by atomic mass is 9.43. The van der Waals surface area contributed by atoms with Crippen LogP contribution in [0.1, 0.15) is 76.2 Å². The van der Waals surface area contributed by atoms with E-state index in [9.17, 15) is 14.4 Å². The van der Waals surface area contributed by atoms with Crippen LogP contribution in [-0.4, -0.2) is 56.0 Å². The molecule has 3 aliphatic carbocycles. The molecule has 1 saturated heterocycles. The highest BCUT2D eigenvalue weighted by Crippen LogP contribution is 2.65. The van der Waals surface area contributed by atoms with Gasteiger partial charge in [-0.1, -0.05) is 26.0 Å². The number of esters is 2. The molecule has 39 heavy (non-hydrogen) atoms. The van der Waals surface area contributed by atoms with E-state index in [0.717, 1.165) is 12.8 Å². The van der Waals surface area contributed by atoms with Crippen molar-refractivity contribution in [1.82, 2.24) is 5.32 Å². The van der Waals surface area contributed by atoms with Gasteiger partial charge in [-0.15, -0.1) is 0 Å². The molecule has 6 unspecified atom stereocenters. The molecular weight excluding hydrogens is 503 g/mol. The Morgan fingerprint density at radius 1 is 1.23 bits per heavy atom. The molecule has 5 rings (SSSR count). The first-order valence-corrected chi connectivity index (χ1v) is 13.4. The van der Waals surface area contributed by atoms with E-state index >= 15 is 0 Å². The molecule has 10 nitrogen and oxygen atoms in total. The van der Waals surface area contributed by atoms with Crippen molar-refractivity contribution in [3.63, 3.8) is 0 Å². The summed E-state index contributed by atoms with van der Waals surface area (Å²) in [6.45, 7) is 9.34. The van der Waals surface area contributed by atoms with Gasteiger partial charge in [0.1, 0.15) is 11.3 Å². The van der Waals surface area contributed by atoms with Crippen LogP contribution in [0.3, 0.4) is 0 Å². The third kappa shape index (κ3) is 5.63. The smallest absolute Gasteiger partial charge is 0.482 e. The van der Waals surface area contributed by atoms with E-state index in [1.807, 2.05) is 6.07 Å². The van der Waals surface area contributed by atoms with Crippen LogP contribution in [0, 0.1) is 28.6 Å². The standard InChI is InChI=1S/C28H37BN2O8/c1-16(32)36-17(2)37-26(34)20-10-7-9-18(25(20)35-6)13-23(31-24(33)11-8-12-30)29-38-22-15-19-14-21(27(19,3)4)28(22,5)39-29/h7,9-10,17,19,21-23H,8,11,13-15H2,1-6H3,(H,31,33). The molecule has 1 aromatic carbocycles. The average molecular weight is 540 g/mol. The number of amides is 1. The van der Waals surface area contributed by atoms with Crippen LogP contribution in [0.4, 0.5) is 0 Å². The molecule has 0 radical (unpaired) electrons. The van der Waals surface area contributed by atoms with Crippen molar-refractivity contribution < 1.29 is 37.9 Å². The Labute approximate surface area is 229 Å². The van der Waals surface area contributed by atoms with E-state index in [-0.39, 0.29) is 48.0 Å². The minimum atomic E-state index is -1.07. The molecule has 210 valence electrons. The molecular formula is C28H37BN2O8. The second kappa shape index (κ2) is 11.2. The molecule has 4 aliphatic rings. The summed E-state index contributed by atoms with van der Waals surface area (Å²) in [5.74, 6) is -0.978. The molecule has 1 heterocycles. The predicted octanol–water partition coefficient (Wildman–Crippen LogP) is 3.36. The molecule has 4 fully saturated rings. The summed E-state index contributed by atoms with van der Waals surface area (Å²) in [6, 6.07) is 7.04. The fourth-order valence-corrected chi connectivity index (χ4v) is 6.59. The normalized spacial score (nSPS) is 27.7. The molecule has 1 N–H and O–H groups in total. The molecule has 0 aromatic heterocycles. The monoisotopic (exact) mass is 540 g/mol. The van der Waals surface area contributed by atoms with Crippen molar-refractivity contribution in [1.29, 1.82) is 5.26 Å². The zero-order valence-electron chi connectivity index (χ0n) is 23.4. The second-order valence-electron chi connectivity index (χ2n) is 11.5. The highest BCUT2D eigenvalue weighted by molar-refractivity contribution is 6.48. The van der Waals surface area contributed by atoms with Gasteiger partial charge in [0, 0.05) is 26.7 Å². The van der Waals surface area contributed by atoms with Crippen molar-refractivity contribution in [3.8, 4) is 11.8 Å². The van der Waals surface area contributed by atoms with Crippen LogP contribution in [0.2, 0.25) is 0 Å². The third-order valence-corrected chi connectivity index (χ3v) is 8.67. The summed E-state index contributed by atoms with van der Waals surface area (Å²) in [7, 11) is 0.726. The van der Waals surface area contributed by atoms with E-state index in [1.165, 1.54) is 21.0 Å². The van der Waals surface area contributed by atoms with Crippen LogP contribution in [-0.2, 0) is 34.8 Å². The van der Waals surface area contributed by atoms with Crippen molar-refractivity contribution in [2.45, 2.75) is 90.7 Å². The number of para-hydroxylation sites is 1. The summed E-state index contributed by atoms with van der Waals surface area (Å²) in [6.07, 6.45) is 1.23. The number of ether oxygens (including phenoxy) is 3. The lowest BCUT2D eigenvalue weighted by molar-refractivity contribution is -0.199. The first-order valence-electron chi connectivity index (χ1n) is 13.4. The SMILES string of the molecule is COc1c(CC(NC(=O)CCC#N)B2OC3CC4CC(C4(C)C)C3(C)O2)cccc1C(=O)OC(C)OC(C)=O. The fraction of sp³-hybridized carbons (Fsp3) is 0.643. The van der Waals surface area contributed by atoms with Gasteiger partial charge >= 0.3 is 19.1 Å². The molecule has 2 bridgehead atoms. The lowest BCUT2D eigenvalue weighted by Gasteiger charge is -2.64. The molecule has 11 heteroatoms. The Morgan fingerprint density at radius 3 is 2.62 bits per heavy atom. The van der Waals surface area contributed by atoms with Crippen LogP contribution in [0.15, 0.2) is 18.2 Å². The first kappa shape index (κ1) is 28.9. The van der Waals surface area contributed by atoms with E-state index in [0.29, 0.717) is 17.4 Å². The Kier molecular flexibility index (Phi) is 8.29. The van der Waals surface area contributed by atoms with Gasteiger partial charge in [-0.2, -0.15) is 5.26 Å². The van der Waals surface area contributed by atoms with Gasteiger partial charge in [-0.05, 0) is 55.1 Å². The van der Waals surface area contributed by atoms with Crippen LogP contribution < -0.4 is 10.1 Å². The van der Waals surface area contributed by atoms with Gasteiger partial charge in [-0.3, -0.25) is 9.59 Å². The van der Waals surface area contributed by atoms with Crippen LogP contribution >= 0.6 is 0 Å². The van der Waals surface area contributed by atoms with Gasteiger partial charge < -0.3 is 28.8 Å². The number of rotatable bonds is 10. The van der Waals surface area contributed by atoms with E-state index in [1.54, 1.807) is 18.2 Å². The maximum Gasteiger partial charge on any atom is 0.482 e. The molecule has 3 saturated carbocycles. The highest BCUT2D eigenvalue weighted by atomic mass is 16.7. The highest BCUT2D eigenvalue weighted by Gasteiger charge is 2.68. The summed E-state index contributed by atoms with van der Waals surface area (Å²) >= 11 is 0. The summed E-state index contributed by atoms with van der Waals surface area (Å²) in [5, 5.41) is 11.9. The Hall–Kier alpha value is -3.10. The number of hydrogen-bond acceptors (Lipinski definition) is 9. The summed E-state index contributed by atoms with van der Waals surface area (Å²) in [5.41, 5.74) is 0.478. The fourth-order valence-electron chi connectivity index (χ4n) is 6.59. The third-order valence-electron chi connectivity index (χ3n) is 8.67. The minimum Gasteiger partial charge on any atom is -0.496 e. The minimum absolute atomic E-state index is 0.0513. The maximum absolute atomic E-state index is 12.9. The van der Waals surface area contributed by atoms with Crippen molar-refractivity contribution in [2.75, 3.05) is 7.11 Å². The number of methoxy groups -OCH3 is 1. The molecule has 6 atom stereocenters. The average Bonchev–Trinajstić information content (AvgIpc) is 3.23. The Bertz CT molecular complexity index is 1170. The molecule has 1 aromatic rings. The number of nitriles is 1. The van der Waals surface area contributed by atoms with Crippen LogP contribution in [0.5, 0.6) is 5.75 Å². The van der Waals surface area contributed by atoms with Crippen LogP contribution in [0.25, 0.3) is 0 Å². The number of nitrogens with one attached hydrogen (secondary N) is 1. The van der Waals surface area contributed by atoms with Crippen molar-refractivity contribution >= 4 is 25.0 Å². The van der Waals surface area contributed by atoms with E-state index < -0.39 is 36.9 Å². The Morgan fingerprint density at radius 2 is 1.97 bits per heavy atom. The quantitative estimate of drug-likeness (QED) is 0.269. The zero-order valence-corrected chi connectivity index (χ0v) is 23.4. The Balaban J connectivity index is 1.58.